The van der Waals surface area contributed by atoms with Gasteiger partial charge in [-0.15, -0.1) is 0 Å². The fourth-order valence-electron chi connectivity index (χ4n) is 2.75. The van der Waals surface area contributed by atoms with Crippen LogP contribution in [0.3, 0.4) is 0 Å². The monoisotopic (exact) mass is 348 g/mol. The van der Waals surface area contributed by atoms with E-state index in [2.05, 4.69) is 12.1 Å². The molecule has 124 valence electrons. The average Bonchev–Trinajstić information content (AvgIpc) is 3.04. The van der Waals surface area contributed by atoms with Crippen LogP contribution in [0, 0.1) is 6.92 Å². The maximum Gasteiger partial charge on any atom is 0.139 e. The number of rotatable bonds is 4. The van der Waals surface area contributed by atoms with E-state index in [9.17, 15) is 0 Å². The number of aryl methyl sites for hydroxylation is 1. The van der Waals surface area contributed by atoms with Crippen molar-refractivity contribution >= 4 is 17.2 Å². The van der Waals surface area contributed by atoms with Crippen molar-refractivity contribution in [3.05, 3.63) is 89.2 Å². The van der Waals surface area contributed by atoms with Crippen molar-refractivity contribution in [2.75, 3.05) is 0 Å². The molecule has 4 aromatic rings. The molecule has 0 saturated carbocycles. The van der Waals surface area contributed by atoms with Gasteiger partial charge in [0, 0.05) is 16.8 Å². The Morgan fingerprint density at radius 1 is 1.00 bits per heavy atom. The van der Waals surface area contributed by atoms with Gasteiger partial charge in [0.05, 0.1) is 11.9 Å². The quantitative estimate of drug-likeness (QED) is 0.484. The first kappa shape index (κ1) is 15.7. The maximum atomic E-state index is 5.99. The molecule has 25 heavy (non-hydrogen) atoms. The number of fused-ring (bicyclic) bond motifs is 1. The smallest absolute Gasteiger partial charge is 0.139 e. The Balaban J connectivity index is 1.61. The molecule has 0 fully saturated rings. The zero-order valence-electron chi connectivity index (χ0n) is 13.8. The number of aromatic nitrogens is 2. The predicted molar refractivity (Wildman–Crippen MR) is 101 cm³/mol. The summed E-state index contributed by atoms with van der Waals surface area (Å²) >= 11 is 5.92. The number of nitrogens with zero attached hydrogens (tertiary/aromatic N) is 2. The second-order valence-corrected chi connectivity index (χ2v) is 6.43. The van der Waals surface area contributed by atoms with Gasteiger partial charge in [0.2, 0.25) is 0 Å². The van der Waals surface area contributed by atoms with Crippen LogP contribution >= 0.6 is 11.6 Å². The van der Waals surface area contributed by atoms with Crippen molar-refractivity contribution in [1.82, 2.24) is 9.38 Å². The average molecular weight is 349 g/mol. The van der Waals surface area contributed by atoms with E-state index in [0.717, 1.165) is 38.8 Å². The molecule has 0 aliphatic carbocycles. The van der Waals surface area contributed by atoms with Crippen LogP contribution in [0.2, 0.25) is 5.02 Å². The normalized spacial score (nSPS) is 11.0. The van der Waals surface area contributed by atoms with Crippen LogP contribution in [-0.2, 0) is 6.61 Å². The fourth-order valence-corrected chi connectivity index (χ4v) is 2.88. The first-order valence-electron chi connectivity index (χ1n) is 8.11. The Bertz CT molecular complexity index is 1010. The number of halogens is 1. The second kappa shape index (κ2) is 6.61. The molecule has 0 atom stereocenters. The van der Waals surface area contributed by atoms with Gasteiger partial charge in [-0.2, -0.15) is 0 Å². The lowest BCUT2D eigenvalue weighted by Crippen LogP contribution is -1.98. The highest BCUT2D eigenvalue weighted by molar-refractivity contribution is 6.30. The zero-order chi connectivity index (χ0) is 17.2. The van der Waals surface area contributed by atoms with Crippen LogP contribution in [0.5, 0.6) is 5.75 Å². The molecule has 4 rings (SSSR count). The third-order valence-electron chi connectivity index (χ3n) is 4.13. The molecule has 0 amide bonds. The van der Waals surface area contributed by atoms with Crippen LogP contribution in [0.1, 0.15) is 11.1 Å². The predicted octanol–water partition coefficient (Wildman–Crippen LogP) is 5.54. The molecule has 0 radical (unpaired) electrons. The van der Waals surface area contributed by atoms with Gasteiger partial charge in [-0.1, -0.05) is 54.1 Å². The summed E-state index contributed by atoms with van der Waals surface area (Å²) in [7, 11) is 0. The summed E-state index contributed by atoms with van der Waals surface area (Å²) in [5, 5.41) is 0.730. The van der Waals surface area contributed by atoms with E-state index in [1.54, 1.807) is 0 Å². The number of hydrogen-bond acceptors (Lipinski definition) is 2. The van der Waals surface area contributed by atoms with E-state index in [1.807, 2.05) is 72.2 Å². The molecule has 0 aliphatic rings. The van der Waals surface area contributed by atoms with Crippen LogP contribution in [-0.4, -0.2) is 9.38 Å². The highest BCUT2D eigenvalue weighted by Gasteiger charge is 2.08. The number of ether oxygens (including phenoxy) is 1. The Hall–Kier alpha value is -2.78. The van der Waals surface area contributed by atoms with Crippen molar-refractivity contribution < 1.29 is 4.74 Å². The highest BCUT2D eigenvalue weighted by Crippen LogP contribution is 2.24. The molecule has 2 aromatic heterocycles. The first-order valence-corrected chi connectivity index (χ1v) is 8.49. The molecule has 0 aliphatic heterocycles. The zero-order valence-corrected chi connectivity index (χ0v) is 14.6. The van der Waals surface area contributed by atoms with Gasteiger partial charge in [0.25, 0.3) is 0 Å². The van der Waals surface area contributed by atoms with Crippen LogP contribution in [0.4, 0.5) is 0 Å². The van der Waals surface area contributed by atoms with Crippen LogP contribution in [0.25, 0.3) is 16.9 Å². The SMILES string of the molecule is Cc1cc2nc(-c3ccccc3)cn2cc1OCc1ccc(Cl)cc1. The summed E-state index contributed by atoms with van der Waals surface area (Å²) in [4.78, 5) is 4.71. The van der Waals surface area contributed by atoms with Gasteiger partial charge >= 0.3 is 0 Å². The van der Waals surface area contributed by atoms with Gasteiger partial charge in [-0.3, -0.25) is 0 Å². The van der Waals surface area contributed by atoms with Crippen LogP contribution in [0.15, 0.2) is 73.1 Å². The van der Waals surface area contributed by atoms with Gasteiger partial charge in [0.1, 0.15) is 18.0 Å². The lowest BCUT2D eigenvalue weighted by molar-refractivity contribution is 0.302. The third-order valence-corrected chi connectivity index (χ3v) is 4.38. The number of benzene rings is 2. The standard InChI is InChI=1S/C21H17ClN2O/c1-15-11-21-23-19(17-5-3-2-4-6-17)12-24(21)13-20(15)25-14-16-7-9-18(22)10-8-16/h2-13H,14H2,1H3. The number of imidazole rings is 1. The van der Waals surface area contributed by atoms with Gasteiger partial charge in [-0.25, -0.2) is 4.98 Å². The molecule has 0 N–H and O–H groups in total. The first-order chi connectivity index (χ1) is 12.2. The van der Waals surface area contributed by atoms with E-state index >= 15 is 0 Å². The Morgan fingerprint density at radius 3 is 2.52 bits per heavy atom. The largest absolute Gasteiger partial charge is 0.487 e. The van der Waals surface area contributed by atoms with Gasteiger partial charge < -0.3 is 9.14 Å². The minimum absolute atomic E-state index is 0.504. The minimum atomic E-state index is 0.504. The molecular formula is C21H17ClN2O. The molecule has 2 aromatic carbocycles. The molecule has 0 unspecified atom stereocenters. The van der Waals surface area contributed by atoms with Crippen molar-refractivity contribution in [2.45, 2.75) is 13.5 Å². The summed E-state index contributed by atoms with van der Waals surface area (Å²) in [5.41, 5.74) is 5.11. The molecule has 0 spiro atoms. The molecule has 3 nitrogen and oxygen atoms in total. The van der Waals surface area contributed by atoms with Crippen molar-refractivity contribution in [2.24, 2.45) is 0 Å². The summed E-state index contributed by atoms with van der Waals surface area (Å²) in [6.07, 6.45) is 4.01. The third kappa shape index (κ3) is 3.37. The lowest BCUT2D eigenvalue weighted by atomic mass is 10.2. The van der Waals surface area contributed by atoms with E-state index in [1.165, 1.54) is 0 Å². The highest BCUT2D eigenvalue weighted by atomic mass is 35.5. The van der Waals surface area contributed by atoms with Gasteiger partial charge in [-0.05, 0) is 36.2 Å². The maximum absolute atomic E-state index is 5.99. The molecule has 4 heteroatoms. The number of hydrogen-bond donors (Lipinski definition) is 0. The van der Waals surface area contributed by atoms with E-state index in [0.29, 0.717) is 6.61 Å². The Labute approximate surface area is 151 Å². The molecule has 0 saturated heterocycles. The number of pyridine rings is 1. The topological polar surface area (TPSA) is 26.5 Å². The minimum Gasteiger partial charge on any atom is -0.487 e. The van der Waals surface area contributed by atoms with Crippen molar-refractivity contribution in [1.29, 1.82) is 0 Å². The van der Waals surface area contributed by atoms with E-state index in [-0.39, 0.29) is 0 Å². The van der Waals surface area contributed by atoms with Crippen LogP contribution < -0.4 is 4.74 Å². The molecular weight excluding hydrogens is 332 g/mol. The lowest BCUT2D eigenvalue weighted by Gasteiger charge is -2.10. The molecule has 0 bridgehead atoms. The van der Waals surface area contributed by atoms with Gasteiger partial charge in [0.15, 0.2) is 0 Å². The Morgan fingerprint density at radius 2 is 1.76 bits per heavy atom. The summed E-state index contributed by atoms with van der Waals surface area (Å²) in [5.74, 6) is 0.847. The van der Waals surface area contributed by atoms with E-state index < -0.39 is 0 Å². The van der Waals surface area contributed by atoms with Crippen molar-refractivity contribution in [3.8, 4) is 17.0 Å². The Kier molecular flexibility index (Phi) is 4.16. The fraction of sp³-hybridized carbons (Fsp3) is 0.0952. The van der Waals surface area contributed by atoms with E-state index in [4.69, 9.17) is 21.3 Å². The second-order valence-electron chi connectivity index (χ2n) is 5.99. The summed E-state index contributed by atoms with van der Waals surface area (Å²) in [6.45, 7) is 2.54. The summed E-state index contributed by atoms with van der Waals surface area (Å²) < 4.78 is 8.00. The summed E-state index contributed by atoms with van der Waals surface area (Å²) in [6, 6.07) is 19.9. The molecule has 2 heterocycles. The van der Waals surface area contributed by atoms with Crippen molar-refractivity contribution in [3.63, 3.8) is 0 Å².